The Hall–Kier alpha value is -2.00. The van der Waals surface area contributed by atoms with Gasteiger partial charge < -0.3 is 24.8 Å². The van der Waals surface area contributed by atoms with Gasteiger partial charge in [0, 0.05) is 0 Å². The first-order valence-corrected chi connectivity index (χ1v) is 23.4. The number of halogens is 2. The molecule has 6 rings (SSSR count). The molecular formula is C39H41Cl2Si2Zr. The summed E-state index contributed by atoms with van der Waals surface area (Å²) in [7, 11) is -3.48. The zero-order valence-corrected chi connectivity index (χ0v) is 33.1. The summed E-state index contributed by atoms with van der Waals surface area (Å²) in [5, 5.41) is 9.41. The van der Waals surface area contributed by atoms with Crippen LogP contribution in [0, 0.1) is 24.3 Å². The Bertz CT molecular complexity index is 1990. The van der Waals surface area contributed by atoms with Gasteiger partial charge >= 0.3 is 270 Å². The first-order chi connectivity index (χ1) is 19.9. The van der Waals surface area contributed by atoms with Crippen molar-refractivity contribution in [2.75, 3.05) is 0 Å². The quantitative estimate of drug-likeness (QED) is 0.273. The molecule has 2 aliphatic carbocycles. The topological polar surface area (TPSA) is 0 Å². The van der Waals surface area contributed by atoms with Crippen LogP contribution in [0.3, 0.4) is 0 Å². The smallest absolute Gasteiger partial charge is 1.00 e. The van der Waals surface area contributed by atoms with E-state index in [1.807, 2.05) is 0 Å². The molecule has 0 bridgehead atoms. The molecule has 4 aromatic rings. The molecule has 0 nitrogen and oxygen atoms in total. The van der Waals surface area contributed by atoms with E-state index in [0.717, 1.165) is 6.42 Å². The molecule has 0 atom stereocenters. The second-order valence-electron chi connectivity index (χ2n) is 14.0. The minimum Gasteiger partial charge on any atom is -1.00 e. The molecular weight excluding hydrogens is 687 g/mol. The summed E-state index contributed by atoms with van der Waals surface area (Å²) < 4.78 is 1.53. The van der Waals surface area contributed by atoms with Crippen LogP contribution in [-0.4, -0.2) is 16.1 Å². The van der Waals surface area contributed by atoms with Crippen molar-refractivity contribution in [3.63, 3.8) is 0 Å². The second-order valence-corrected chi connectivity index (χ2v) is 25.3. The summed E-state index contributed by atoms with van der Waals surface area (Å²) in [5.41, 5.74) is 11.3. The van der Waals surface area contributed by atoms with Crippen LogP contribution in [0.25, 0.3) is 14.4 Å². The third-order valence-electron chi connectivity index (χ3n) is 8.79. The van der Waals surface area contributed by atoms with Crippen LogP contribution in [0.5, 0.6) is 0 Å². The molecule has 0 saturated heterocycles. The molecule has 0 aromatic heterocycles. The third kappa shape index (κ3) is 5.96. The second kappa shape index (κ2) is 13.0. The van der Waals surface area contributed by atoms with Gasteiger partial charge in [0.15, 0.2) is 0 Å². The van der Waals surface area contributed by atoms with Gasteiger partial charge in [-0.25, -0.2) is 0 Å². The number of aryl methyl sites for hydroxylation is 1. The van der Waals surface area contributed by atoms with E-state index in [9.17, 15) is 0 Å². The maximum atomic E-state index is 2.58. The van der Waals surface area contributed by atoms with Gasteiger partial charge in [0.1, 0.15) is 0 Å². The molecule has 223 valence electrons. The van der Waals surface area contributed by atoms with Gasteiger partial charge in [-0.15, -0.1) is 0 Å². The molecule has 4 aromatic carbocycles. The van der Waals surface area contributed by atoms with Crippen LogP contribution in [0.1, 0.15) is 39.8 Å². The van der Waals surface area contributed by atoms with E-state index < -0.39 is 16.1 Å². The van der Waals surface area contributed by atoms with Crippen molar-refractivity contribution >= 4 is 40.9 Å². The van der Waals surface area contributed by atoms with Crippen molar-refractivity contribution in [1.29, 1.82) is 0 Å². The molecule has 0 N–H and O–H groups in total. The minimum atomic E-state index is -1.78. The summed E-state index contributed by atoms with van der Waals surface area (Å²) in [5.74, 6) is 0. The Morgan fingerprint density at radius 2 is 1.23 bits per heavy atom. The van der Waals surface area contributed by atoms with E-state index in [-0.39, 0.29) is 24.8 Å². The fourth-order valence-corrected chi connectivity index (χ4v) is 14.8. The fraction of sp³-hybridized carbons (Fsp3) is 0.231. The van der Waals surface area contributed by atoms with Crippen LogP contribution in [-0.2, 0) is 24.7 Å². The largest absolute Gasteiger partial charge is 1.00 e. The fourth-order valence-electron chi connectivity index (χ4n) is 7.37. The maximum Gasteiger partial charge on any atom is -1.00 e. The Morgan fingerprint density at radius 1 is 0.682 bits per heavy atom. The molecule has 0 heterocycles. The molecule has 5 heteroatoms. The van der Waals surface area contributed by atoms with Crippen molar-refractivity contribution < 1.29 is 49.5 Å². The molecule has 0 radical (unpaired) electrons. The molecule has 0 unspecified atom stereocenters. The predicted molar refractivity (Wildman–Crippen MR) is 184 cm³/mol. The van der Waals surface area contributed by atoms with Crippen molar-refractivity contribution in [3.05, 3.63) is 145 Å². The van der Waals surface area contributed by atoms with E-state index >= 15 is 0 Å². The van der Waals surface area contributed by atoms with E-state index in [0.29, 0.717) is 0 Å². The Kier molecular flexibility index (Phi) is 10.3. The summed E-state index contributed by atoms with van der Waals surface area (Å²) >= 11 is 1.50. The molecule has 0 spiro atoms. The summed E-state index contributed by atoms with van der Waals surface area (Å²) in [6.07, 6.45) is 8.01. The van der Waals surface area contributed by atoms with Gasteiger partial charge in [-0.05, 0) is 0 Å². The Balaban J connectivity index is 0.00000221. The minimum absolute atomic E-state index is 0. The van der Waals surface area contributed by atoms with E-state index in [1.165, 1.54) is 77.4 Å². The van der Waals surface area contributed by atoms with Crippen molar-refractivity contribution in [2.24, 2.45) is 0 Å². The zero-order valence-electron chi connectivity index (χ0n) is 27.1. The van der Waals surface area contributed by atoms with Crippen LogP contribution < -0.4 is 45.6 Å². The van der Waals surface area contributed by atoms with Gasteiger partial charge in [-0.1, -0.05) is 0 Å². The van der Waals surface area contributed by atoms with Crippen molar-refractivity contribution in [1.82, 2.24) is 0 Å². The Labute approximate surface area is 293 Å². The summed E-state index contributed by atoms with van der Waals surface area (Å²) in [6.45, 7) is 20.2. The summed E-state index contributed by atoms with van der Waals surface area (Å²) in [6, 6.07) is 27.1. The molecule has 0 aliphatic heterocycles. The molecule has 0 amide bonds. The standard InChI is InChI=1S/C39H41Si2.2ClH.Zr/c1-26-23-31-25-33-34(28-21-15-16-22-28)27(2)38(40(3,4)5)39(41(6,7)8)37(33)36(31)32(24-26)35(29-17-11-9-12-18-29)30-19-13-10-14-20-30;;;/h9-21,23-24H,22H2,1-8H3;2*1H;/q;;;+2/p-2. The molecule has 0 saturated carbocycles. The average molecular weight is 728 g/mol. The third-order valence-corrected chi connectivity index (χ3v) is 14.4. The predicted octanol–water partition coefficient (Wildman–Crippen LogP) is 1.30. The van der Waals surface area contributed by atoms with E-state index in [1.54, 1.807) is 26.4 Å². The van der Waals surface area contributed by atoms with Crippen LogP contribution in [0.2, 0.25) is 39.3 Å². The van der Waals surface area contributed by atoms with Gasteiger partial charge in [0.2, 0.25) is 0 Å². The van der Waals surface area contributed by atoms with E-state index in [2.05, 4.69) is 144 Å². The number of allylic oxidation sites excluding steroid dienone is 4. The molecule has 44 heavy (non-hydrogen) atoms. The van der Waals surface area contributed by atoms with Crippen LogP contribution >= 0.6 is 0 Å². The first-order valence-electron chi connectivity index (χ1n) is 15.2. The molecule has 2 aliphatic rings. The number of rotatable bonds is 5. The Morgan fingerprint density at radius 3 is 1.70 bits per heavy atom. The number of hydrogen-bond acceptors (Lipinski definition) is 0. The zero-order chi connectivity index (χ0) is 30.0. The van der Waals surface area contributed by atoms with Crippen LogP contribution in [0.15, 0.2) is 91.0 Å². The van der Waals surface area contributed by atoms with Crippen LogP contribution in [0.4, 0.5) is 0 Å². The van der Waals surface area contributed by atoms with Gasteiger partial charge in [-0.3, -0.25) is 0 Å². The van der Waals surface area contributed by atoms with Crippen molar-refractivity contribution in [3.8, 4) is 0 Å². The normalized spacial score (nSPS) is 13.6. The SMILES string of the molecule is Cc1cc2c(c(=C(c3ccccc3)c3ccccc3)c1)=c1c([Si](C)(C)C)c([Si](C)(C)C)c(C)c(C3=CC=CC3)c1=[C]2[Zr+2].[Cl-].[Cl-]. The first kappa shape index (κ1) is 34.9. The van der Waals surface area contributed by atoms with Gasteiger partial charge in [-0.2, -0.15) is 0 Å². The summed E-state index contributed by atoms with van der Waals surface area (Å²) in [4.78, 5) is 0. The number of hydrogen-bond donors (Lipinski definition) is 0. The van der Waals surface area contributed by atoms with Crippen molar-refractivity contribution in [2.45, 2.75) is 59.6 Å². The number of benzene rings is 4. The average Bonchev–Trinajstić information content (AvgIpc) is 3.55. The maximum absolute atomic E-state index is 2.58. The monoisotopic (exact) mass is 725 g/mol. The molecule has 0 fully saturated rings. The van der Waals surface area contributed by atoms with E-state index in [4.69, 9.17) is 0 Å². The van der Waals surface area contributed by atoms with Gasteiger partial charge in [0.05, 0.1) is 0 Å². The van der Waals surface area contributed by atoms with Gasteiger partial charge in [0.25, 0.3) is 0 Å². The number of fused-ring (bicyclic) bond motifs is 2.